The van der Waals surface area contributed by atoms with E-state index in [1.807, 2.05) is 0 Å². The molecule has 24 heavy (non-hydrogen) atoms. The zero-order chi connectivity index (χ0) is 18.5. The van der Waals surface area contributed by atoms with Crippen LogP contribution in [-0.2, 0) is 20.8 Å². The van der Waals surface area contributed by atoms with Crippen molar-refractivity contribution in [1.29, 1.82) is 0 Å². The van der Waals surface area contributed by atoms with Crippen molar-refractivity contribution in [2.75, 3.05) is 21.3 Å². The van der Waals surface area contributed by atoms with Gasteiger partial charge in [-0.1, -0.05) is 0 Å². The highest BCUT2D eigenvalue weighted by Crippen LogP contribution is 2.40. The minimum Gasteiger partial charge on any atom is -0.493 e. The number of carbonyl (C=O) groups is 3. The molecule has 0 aromatic heterocycles. The summed E-state index contributed by atoms with van der Waals surface area (Å²) in [4.78, 5) is 34.0. The van der Waals surface area contributed by atoms with E-state index < -0.39 is 36.2 Å². The van der Waals surface area contributed by atoms with Crippen LogP contribution >= 0.6 is 0 Å². The van der Waals surface area contributed by atoms with Gasteiger partial charge in [-0.05, 0) is 17.7 Å². The molecule has 0 radical (unpaired) electrons. The summed E-state index contributed by atoms with van der Waals surface area (Å²) in [6.45, 7) is 0. The van der Waals surface area contributed by atoms with Crippen molar-refractivity contribution in [2.24, 2.45) is 5.41 Å². The van der Waals surface area contributed by atoms with Crippen molar-refractivity contribution < 1.29 is 43.9 Å². The van der Waals surface area contributed by atoms with E-state index >= 15 is 0 Å². The Balaban J connectivity index is 3.45. The van der Waals surface area contributed by atoms with Gasteiger partial charge in [-0.25, -0.2) is 0 Å². The molecule has 0 unspecified atom stereocenters. The summed E-state index contributed by atoms with van der Waals surface area (Å²) in [7, 11) is 4.07. The molecule has 132 valence electrons. The van der Waals surface area contributed by atoms with Gasteiger partial charge in [0, 0.05) is 6.42 Å². The van der Waals surface area contributed by atoms with Crippen LogP contribution in [-0.4, -0.2) is 54.6 Å². The summed E-state index contributed by atoms with van der Waals surface area (Å²) < 4.78 is 15.4. The lowest BCUT2D eigenvalue weighted by Gasteiger charge is -2.24. The molecule has 0 heterocycles. The molecule has 1 aromatic rings. The fraction of sp³-hybridized carbons (Fsp3) is 0.400. The smallest absolute Gasteiger partial charge is 0.322 e. The Hall–Kier alpha value is -2.97. The Morgan fingerprint density at radius 3 is 1.67 bits per heavy atom. The predicted molar refractivity (Wildman–Crippen MR) is 79.8 cm³/mol. The molecule has 0 atom stereocenters. The molecule has 1 rings (SSSR count). The van der Waals surface area contributed by atoms with E-state index in [9.17, 15) is 24.6 Å². The summed E-state index contributed by atoms with van der Waals surface area (Å²) in [5, 5.41) is 27.6. The zero-order valence-corrected chi connectivity index (χ0v) is 13.4. The Morgan fingerprint density at radius 1 is 0.917 bits per heavy atom. The van der Waals surface area contributed by atoms with E-state index in [2.05, 4.69) is 0 Å². The third-order valence-electron chi connectivity index (χ3n) is 3.50. The van der Waals surface area contributed by atoms with Gasteiger partial charge < -0.3 is 29.5 Å². The van der Waals surface area contributed by atoms with Crippen LogP contribution in [0, 0.1) is 5.41 Å². The number of carboxylic acid groups (broad SMARTS) is 3. The highest BCUT2D eigenvalue weighted by Gasteiger charge is 2.48. The van der Waals surface area contributed by atoms with Crippen LogP contribution < -0.4 is 14.2 Å². The van der Waals surface area contributed by atoms with Crippen LogP contribution in [0.5, 0.6) is 17.2 Å². The van der Waals surface area contributed by atoms with Gasteiger partial charge in [0.25, 0.3) is 0 Å². The quantitative estimate of drug-likeness (QED) is 0.558. The summed E-state index contributed by atoms with van der Waals surface area (Å²) >= 11 is 0. The highest BCUT2D eigenvalue weighted by atomic mass is 16.5. The molecule has 0 saturated carbocycles. The number of ether oxygens (including phenoxy) is 3. The van der Waals surface area contributed by atoms with Crippen LogP contribution in [0.25, 0.3) is 0 Å². The normalized spacial score (nSPS) is 10.8. The molecule has 3 N–H and O–H groups in total. The van der Waals surface area contributed by atoms with Crippen LogP contribution in [0.1, 0.15) is 12.0 Å². The second-order valence-electron chi connectivity index (χ2n) is 4.97. The van der Waals surface area contributed by atoms with E-state index in [4.69, 9.17) is 19.3 Å². The van der Waals surface area contributed by atoms with Crippen LogP contribution in [0.3, 0.4) is 0 Å². The first kappa shape index (κ1) is 19.1. The molecule has 0 bridgehead atoms. The van der Waals surface area contributed by atoms with Gasteiger partial charge in [-0.3, -0.25) is 14.4 Å². The molecule has 0 aliphatic rings. The van der Waals surface area contributed by atoms with Gasteiger partial charge in [0.15, 0.2) is 16.9 Å². The molecule has 9 nitrogen and oxygen atoms in total. The maximum atomic E-state index is 11.5. The Morgan fingerprint density at radius 2 is 1.38 bits per heavy atom. The van der Waals surface area contributed by atoms with Crippen molar-refractivity contribution in [3.63, 3.8) is 0 Å². The number of methoxy groups -OCH3 is 3. The number of hydrogen-bond donors (Lipinski definition) is 3. The lowest BCUT2D eigenvalue weighted by Crippen LogP contribution is -2.43. The largest absolute Gasteiger partial charge is 0.493 e. The first-order valence-electron chi connectivity index (χ1n) is 6.69. The third kappa shape index (κ3) is 3.67. The molecule has 0 spiro atoms. The predicted octanol–water partition coefficient (Wildman–Crippen LogP) is 0.885. The van der Waals surface area contributed by atoms with Gasteiger partial charge in [0.2, 0.25) is 5.75 Å². The van der Waals surface area contributed by atoms with Crippen LogP contribution in [0.15, 0.2) is 12.1 Å². The second kappa shape index (κ2) is 7.53. The Labute approximate surface area is 137 Å². The van der Waals surface area contributed by atoms with Crippen LogP contribution in [0.4, 0.5) is 0 Å². The highest BCUT2D eigenvalue weighted by molar-refractivity contribution is 6.01. The van der Waals surface area contributed by atoms with Crippen molar-refractivity contribution in [3.8, 4) is 17.2 Å². The van der Waals surface area contributed by atoms with Crippen molar-refractivity contribution >= 4 is 17.9 Å². The summed E-state index contributed by atoms with van der Waals surface area (Å²) in [5.74, 6) is -4.37. The Kier molecular flexibility index (Phi) is 5.99. The van der Waals surface area contributed by atoms with E-state index in [0.29, 0.717) is 0 Å². The monoisotopic (exact) mass is 342 g/mol. The first-order valence-corrected chi connectivity index (χ1v) is 6.69. The first-order chi connectivity index (χ1) is 11.2. The molecule has 0 fully saturated rings. The van der Waals surface area contributed by atoms with Crippen LogP contribution in [0.2, 0.25) is 0 Å². The molecule has 9 heteroatoms. The Bertz CT molecular complexity index is 611. The number of hydrogen-bond acceptors (Lipinski definition) is 6. The SMILES string of the molecule is COc1cc(CC(CC(=O)O)(C(=O)O)C(=O)O)cc(OC)c1OC. The van der Waals surface area contributed by atoms with Gasteiger partial charge >= 0.3 is 17.9 Å². The van der Waals surface area contributed by atoms with E-state index in [0.717, 1.165) is 0 Å². The lowest BCUT2D eigenvalue weighted by atomic mass is 9.78. The average Bonchev–Trinajstić information content (AvgIpc) is 2.52. The maximum Gasteiger partial charge on any atom is 0.322 e. The van der Waals surface area contributed by atoms with Crippen molar-refractivity contribution in [1.82, 2.24) is 0 Å². The molecule has 0 saturated heterocycles. The zero-order valence-electron chi connectivity index (χ0n) is 13.4. The van der Waals surface area contributed by atoms with Crippen molar-refractivity contribution in [2.45, 2.75) is 12.8 Å². The fourth-order valence-electron chi connectivity index (χ4n) is 2.30. The van der Waals surface area contributed by atoms with Crippen molar-refractivity contribution in [3.05, 3.63) is 17.7 Å². The van der Waals surface area contributed by atoms with Gasteiger partial charge in [0.05, 0.1) is 27.8 Å². The maximum absolute atomic E-state index is 11.5. The lowest BCUT2D eigenvalue weighted by molar-refractivity contribution is -0.169. The molecule has 0 aliphatic heterocycles. The number of benzene rings is 1. The van der Waals surface area contributed by atoms with E-state index in [-0.39, 0.29) is 22.8 Å². The fourth-order valence-corrected chi connectivity index (χ4v) is 2.30. The minimum absolute atomic E-state index is 0.201. The summed E-state index contributed by atoms with van der Waals surface area (Å²) in [5.41, 5.74) is -2.30. The molecule has 1 aromatic carbocycles. The standard InChI is InChI=1S/C15H18O9/c1-22-9-4-8(5-10(23-2)12(9)24-3)6-15(13(18)19,14(20)21)7-11(16)17/h4-5H,6-7H2,1-3H3,(H,16,17)(H,18,19)(H,20,21). The number of rotatable bonds is 9. The second-order valence-corrected chi connectivity index (χ2v) is 4.97. The topological polar surface area (TPSA) is 140 Å². The van der Waals surface area contributed by atoms with Gasteiger partial charge in [0.1, 0.15) is 0 Å². The van der Waals surface area contributed by atoms with Gasteiger partial charge in [-0.15, -0.1) is 0 Å². The van der Waals surface area contributed by atoms with E-state index in [1.165, 1.54) is 33.5 Å². The molecule has 0 aliphatic carbocycles. The summed E-state index contributed by atoms with van der Waals surface area (Å²) in [6.07, 6.45) is -1.64. The molecule has 0 amide bonds. The molecular formula is C15H18O9. The van der Waals surface area contributed by atoms with E-state index in [1.54, 1.807) is 0 Å². The van der Waals surface area contributed by atoms with Gasteiger partial charge in [-0.2, -0.15) is 0 Å². The third-order valence-corrected chi connectivity index (χ3v) is 3.50. The number of aliphatic carboxylic acids is 3. The minimum atomic E-state index is -2.52. The number of carboxylic acids is 3. The average molecular weight is 342 g/mol. The summed E-state index contributed by atoms with van der Waals surface area (Å²) in [6, 6.07) is 2.76. The molecular weight excluding hydrogens is 324 g/mol.